The van der Waals surface area contributed by atoms with E-state index < -0.39 is 0 Å². The Hall–Kier alpha value is -2.16. The van der Waals surface area contributed by atoms with E-state index in [2.05, 4.69) is 9.97 Å². The maximum atomic E-state index is 13.3. The Bertz CT molecular complexity index is 728. The molecule has 0 aliphatic heterocycles. The molecule has 0 spiro atoms. The number of H-pyrrole nitrogens is 1. The second-order valence-electron chi connectivity index (χ2n) is 4.57. The number of aromatic amines is 1. The Balaban J connectivity index is 2.22. The van der Waals surface area contributed by atoms with Crippen molar-refractivity contribution in [2.24, 2.45) is 0 Å². The van der Waals surface area contributed by atoms with Gasteiger partial charge in [0.05, 0.1) is 11.0 Å². The highest BCUT2D eigenvalue weighted by atomic mass is 19.1. The van der Waals surface area contributed by atoms with Crippen molar-refractivity contribution in [2.45, 2.75) is 13.8 Å². The first-order valence-corrected chi connectivity index (χ1v) is 5.86. The normalized spacial score (nSPS) is 11.1. The summed E-state index contributed by atoms with van der Waals surface area (Å²) in [4.78, 5) is 7.75. The number of hydrogen-bond donors (Lipinski definition) is 1. The maximum absolute atomic E-state index is 13.3. The predicted molar refractivity (Wildman–Crippen MR) is 71.0 cm³/mol. The van der Waals surface area contributed by atoms with E-state index in [0.717, 1.165) is 22.2 Å². The Morgan fingerprint density at radius 1 is 1.06 bits per heavy atom. The van der Waals surface area contributed by atoms with Crippen molar-refractivity contribution >= 4 is 11.0 Å². The van der Waals surface area contributed by atoms with Crippen LogP contribution in [0.1, 0.15) is 11.1 Å². The lowest BCUT2D eigenvalue weighted by Crippen LogP contribution is -1.87. The Kier molecular flexibility index (Phi) is 2.40. The molecule has 0 saturated carbocycles. The summed E-state index contributed by atoms with van der Waals surface area (Å²) in [7, 11) is 0. The summed E-state index contributed by atoms with van der Waals surface area (Å²) in [6, 6.07) is 10.8. The third-order valence-electron chi connectivity index (χ3n) is 3.09. The number of aryl methyl sites for hydroxylation is 2. The van der Waals surface area contributed by atoms with Crippen molar-refractivity contribution in [3.05, 3.63) is 53.3 Å². The molecule has 0 unspecified atom stereocenters. The number of hydrogen-bond acceptors (Lipinski definition) is 1. The van der Waals surface area contributed by atoms with Gasteiger partial charge < -0.3 is 4.98 Å². The minimum atomic E-state index is -0.243. The molecule has 90 valence electrons. The summed E-state index contributed by atoms with van der Waals surface area (Å²) in [5.74, 6) is 0.472. The number of aromatic nitrogens is 2. The molecular weight excluding hydrogens is 227 g/mol. The van der Waals surface area contributed by atoms with Crippen molar-refractivity contribution in [1.29, 1.82) is 0 Å². The summed E-state index contributed by atoms with van der Waals surface area (Å²) in [5, 5.41) is 0. The lowest BCUT2D eigenvalue weighted by molar-refractivity contribution is 0.628. The Labute approximate surface area is 104 Å². The van der Waals surface area contributed by atoms with Crippen LogP contribution in [-0.4, -0.2) is 9.97 Å². The first-order chi connectivity index (χ1) is 8.63. The predicted octanol–water partition coefficient (Wildman–Crippen LogP) is 3.99. The summed E-state index contributed by atoms with van der Waals surface area (Å²) < 4.78 is 13.3. The minimum Gasteiger partial charge on any atom is -0.338 e. The van der Waals surface area contributed by atoms with Gasteiger partial charge in [0.25, 0.3) is 0 Å². The molecule has 2 nitrogen and oxygen atoms in total. The van der Waals surface area contributed by atoms with E-state index >= 15 is 0 Å². The third-order valence-corrected chi connectivity index (χ3v) is 3.09. The van der Waals surface area contributed by atoms with Crippen LogP contribution < -0.4 is 0 Å². The summed E-state index contributed by atoms with van der Waals surface area (Å²) in [6.07, 6.45) is 0. The van der Waals surface area contributed by atoms with Gasteiger partial charge >= 0.3 is 0 Å². The largest absolute Gasteiger partial charge is 0.338 e. The van der Waals surface area contributed by atoms with E-state index in [1.165, 1.54) is 17.7 Å². The van der Waals surface area contributed by atoms with Crippen LogP contribution in [0.2, 0.25) is 0 Å². The number of nitrogens with zero attached hydrogens (tertiary/aromatic N) is 1. The van der Waals surface area contributed by atoms with Crippen LogP contribution in [0, 0.1) is 19.7 Å². The monoisotopic (exact) mass is 240 g/mol. The average Bonchev–Trinajstić information content (AvgIpc) is 2.74. The van der Waals surface area contributed by atoms with Crippen LogP contribution in [0.4, 0.5) is 4.39 Å². The van der Waals surface area contributed by atoms with Gasteiger partial charge in [0.15, 0.2) is 0 Å². The van der Waals surface area contributed by atoms with Crippen LogP contribution in [-0.2, 0) is 0 Å². The van der Waals surface area contributed by atoms with Crippen LogP contribution in [0.5, 0.6) is 0 Å². The van der Waals surface area contributed by atoms with Crippen molar-refractivity contribution < 1.29 is 4.39 Å². The summed E-state index contributed by atoms with van der Waals surface area (Å²) >= 11 is 0. The lowest BCUT2D eigenvalue weighted by Gasteiger charge is -2.01. The van der Waals surface area contributed by atoms with Crippen molar-refractivity contribution in [3.8, 4) is 11.4 Å². The average molecular weight is 240 g/mol. The first-order valence-electron chi connectivity index (χ1n) is 5.86. The van der Waals surface area contributed by atoms with E-state index in [4.69, 9.17) is 0 Å². The molecular formula is C15H13FN2. The van der Waals surface area contributed by atoms with E-state index in [1.54, 1.807) is 6.07 Å². The molecule has 3 heteroatoms. The molecule has 0 amide bonds. The molecule has 1 N–H and O–H groups in total. The van der Waals surface area contributed by atoms with Crippen molar-refractivity contribution in [2.75, 3.05) is 0 Å². The molecule has 1 heterocycles. The highest BCUT2D eigenvalue weighted by Crippen LogP contribution is 2.24. The van der Waals surface area contributed by atoms with Gasteiger partial charge in [-0.1, -0.05) is 12.1 Å². The number of benzene rings is 2. The first kappa shape index (κ1) is 11.0. The molecule has 0 aliphatic carbocycles. The second kappa shape index (κ2) is 3.95. The third kappa shape index (κ3) is 1.78. The van der Waals surface area contributed by atoms with Gasteiger partial charge in [-0.3, -0.25) is 0 Å². The number of rotatable bonds is 1. The number of halogens is 1. The van der Waals surface area contributed by atoms with Gasteiger partial charge in [-0.05, 0) is 49.2 Å². The van der Waals surface area contributed by atoms with Gasteiger partial charge in [0.1, 0.15) is 11.6 Å². The topological polar surface area (TPSA) is 28.7 Å². The van der Waals surface area contributed by atoms with Gasteiger partial charge in [-0.15, -0.1) is 0 Å². The molecule has 3 rings (SSSR count). The summed E-state index contributed by atoms with van der Waals surface area (Å²) in [6.45, 7) is 3.99. The molecule has 2 aromatic carbocycles. The number of nitrogens with one attached hydrogen (secondary N) is 1. The van der Waals surface area contributed by atoms with Gasteiger partial charge in [0, 0.05) is 5.56 Å². The zero-order chi connectivity index (χ0) is 12.7. The van der Waals surface area contributed by atoms with E-state index in [9.17, 15) is 4.39 Å². The summed E-state index contributed by atoms with van der Waals surface area (Å²) in [5.41, 5.74) is 4.87. The van der Waals surface area contributed by atoms with Gasteiger partial charge in [-0.25, -0.2) is 9.37 Å². The minimum absolute atomic E-state index is 0.243. The van der Waals surface area contributed by atoms with Crippen LogP contribution in [0.3, 0.4) is 0 Å². The fourth-order valence-electron chi connectivity index (χ4n) is 2.10. The maximum Gasteiger partial charge on any atom is 0.138 e. The Morgan fingerprint density at radius 3 is 2.72 bits per heavy atom. The van der Waals surface area contributed by atoms with Gasteiger partial charge in [0.2, 0.25) is 0 Å². The van der Waals surface area contributed by atoms with E-state index in [1.807, 2.05) is 32.0 Å². The van der Waals surface area contributed by atoms with Gasteiger partial charge in [-0.2, -0.15) is 0 Å². The fourth-order valence-corrected chi connectivity index (χ4v) is 2.10. The van der Waals surface area contributed by atoms with Crippen molar-refractivity contribution in [1.82, 2.24) is 9.97 Å². The molecule has 0 fully saturated rings. The molecule has 0 saturated heterocycles. The molecule has 3 aromatic rings. The molecule has 18 heavy (non-hydrogen) atoms. The SMILES string of the molecule is Cc1ccc2nc(-c3cc(F)ccc3C)[nH]c2c1. The van der Waals surface area contributed by atoms with Crippen LogP contribution in [0.25, 0.3) is 22.4 Å². The second-order valence-corrected chi connectivity index (χ2v) is 4.57. The molecule has 0 bridgehead atoms. The van der Waals surface area contributed by atoms with Crippen LogP contribution in [0.15, 0.2) is 36.4 Å². The quantitative estimate of drug-likeness (QED) is 0.684. The standard InChI is InChI=1S/C15H13FN2/c1-9-3-6-13-14(7-9)18-15(17-13)12-8-11(16)5-4-10(12)2/h3-8H,1-2H3,(H,17,18). The highest BCUT2D eigenvalue weighted by Gasteiger charge is 2.08. The lowest BCUT2D eigenvalue weighted by atomic mass is 10.1. The number of fused-ring (bicyclic) bond motifs is 1. The highest BCUT2D eigenvalue weighted by molar-refractivity contribution is 5.80. The fraction of sp³-hybridized carbons (Fsp3) is 0.133. The molecule has 1 aromatic heterocycles. The van der Waals surface area contributed by atoms with E-state index in [-0.39, 0.29) is 5.82 Å². The zero-order valence-corrected chi connectivity index (χ0v) is 10.3. The zero-order valence-electron chi connectivity index (χ0n) is 10.3. The molecule has 0 atom stereocenters. The molecule has 0 radical (unpaired) electrons. The molecule has 0 aliphatic rings. The number of imidazole rings is 1. The Morgan fingerprint density at radius 2 is 1.89 bits per heavy atom. The van der Waals surface area contributed by atoms with E-state index in [0.29, 0.717) is 5.82 Å². The van der Waals surface area contributed by atoms with Crippen molar-refractivity contribution in [3.63, 3.8) is 0 Å². The smallest absolute Gasteiger partial charge is 0.138 e. The van der Waals surface area contributed by atoms with Crippen LogP contribution >= 0.6 is 0 Å².